The van der Waals surface area contributed by atoms with E-state index >= 15 is 0 Å². The van der Waals surface area contributed by atoms with Crippen molar-refractivity contribution in [1.29, 1.82) is 0 Å². The van der Waals surface area contributed by atoms with Gasteiger partial charge in [-0.25, -0.2) is 0 Å². The molecule has 1 saturated carbocycles. The van der Waals surface area contributed by atoms with Crippen molar-refractivity contribution in [2.24, 2.45) is 5.92 Å². The summed E-state index contributed by atoms with van der Waals surface area (Å²) in [7, 11) is 1.99. The molecule has 1 atom stereocenters. The van der Waals surface area contributed by atoms with Gasteiger partial charge in [-0.05, 0) is 44.9 Å². The van der Waals surface area contributed by atoms with Crippen molar-refractivity contribution in [3.8, 4) is 17.1 Å². The van der Waals surface area contributed by atoms with Crippen LogP contribution in [0.15, 0.2) is 28.8 Å². The molecule has 1 aliphatic rings. The van der Waals surface area contributed by atoms with Crippen LogP contribution in [0.25, 0.3) is 11.4 Å². The fraction of sp³-hybridized carbons (Fsp3) is 0.500. The molecule has 1 fully saturated rings. The standard InChI is InChI=1S/C16H21N3O2/c1-3-20-13-6-4-5-12(9-13)16-18-15(21-19-16)10-14(17-2)11-7-8-11/h4-6,9,11,14,17H,3,7-8,10H2,1-2H3. The molecule has 5 heteroatoms. The first kappa shape index (κ1) is 14.1. The number of aromatic nitrogens is 2. The highest BCUT2D eigenvalue weighted by atomic mass is 16.5. The van der Waals surface area contributed by atoms with Gasteiger partial charge in [-0.2, -0.15) is 4.98 Å². The highest BCUT2D eigenvalue weighted by Crippen LogP contribution is 2.34. The van der Waals surface area contributed by atoms with Gasteiger partial charge in [0.2, 0.25) is 11.7 Å². The second kappa shape index (κ2) is 6.26. The number of nitrogens with one attached hydrogen (secondary N) is 1. The zero-order valence-electron chi connectivity index (χ0n) is 12.5. The molecule has 0 amide bonds. The van der Waals surface area contributed by atoms with Crippen LogP contribution in [-0.2, 0) is 6.42 Å². The monoisotopic (exact) mass is 287 g/mol. The fourth-order valence-corrected chi connectivity index (χ4v) is 2.54. The number of nitrogens with zero attached hydrogens (tertiary/aromatic N) is 2. The molecule has 112 valence electrons. The molecule has 1 aliphatic carbocycles. The number of rotatable bonds is 7. The summed E-state index contributed by atoms with van der Waals surface area (Å²) in [4.78, 5) is 4.51. The molecule has 5 nitrogen and oxygen atoms in total. The smallest absolute Gasteiger partial charge is 0.228 e. The number of benzene rings is 1. The lowest BCUT2D eigenvalue weighted by Crippen LogP contribution is -2.29. The Kier molecular flexibility index (Phi) is 4.20. The maximum atomic E-state index is 5.50. The van der Waals surface area contributed by atoms with Gasteiger partial charge in [-0.3, -0.25) is 0 Å². The lowest BCUT2D eigenvalue weighted by molar-refractivity contribution is 0.340. The Morgan fingerprint density at radius 3 is 3.00 bits per heavy atom. The number of hydrogen-bond acceptors (Lipinski definition) is 5. The third kappa shape index (κ3) is 3.42. The summed E-state index contributed by atoms with van der Waals surface area (Å²) < 4.78 is 10.9. The Hall–Kier alpha value is -1.88. The minimum atomic E-state index is 0.438. The molecule has 1 aromatic carbocycles. The van der Waals surface area contributed by atoms with Crippen LogP contribution in [0, 0.1) is 5.92 Å². The Labute approximate surface area is 124 Å². The molecule has 0 spiro atoms. The molecular weight excluding hydrogens is 266 g/mol. The van der Waals surface area contributed by atoms with E-state index in [1.165, 1.54) is 12.8 Å². The first-order valence-corrected chi connectivity index (χ1v) is 7.53. The van der Waals surface area contributed by atoms with Gasteiger partial charge in [-0.1, -0.05) is 17.3 Å². The van der Waals surface area contributed by atoms with Gasteiger partial charge in [0.25, 0.3) is 0 Å². The first-order chi connectivity index (χ1) is 10.3. The zero-order chi connectivity index (χ0) is 14.7. The predicted molar refractivity (Wildman–Crippen MR) is 80.2 cm³/mol. The molecular formula is C16H21N3O2. The fourth-order valence-electron chi connectivity index (χ4n) is 2.54. The summed E-state index contributed by atoms with van der Waals surface area (Å²) in [6, 6.07) is 8.21. The highest BCUT2D eigenvalue weighted by Gasteiger charge is 2.31. The van der Waals surface area contributed by atoms with Gasteiger partial charge in [0.05, 0.1) is 6.61 Å². The van der Waals surface area contributed by atoms with Crippen LogP contribution in [0.1, 0.15) is 25.7 Å². The summed E-state index contributed by atoms with van der Waals surface area (Å²) in [5, 5.41) is 7.42. The quantitative estimate of drug-likeness (QED) is 0.848. The van der Waals surface area contributed by atoms with Crippen LogP contribution in [0.3, 0.4) is 0 Å². The van der Waals surface area contributed by atoms with Gasteiger partial charge >= 0.3 is 0 Å². The summed E-state index contributed by atoms with van der Waals surface area (Å²) in [6.45, 7) is 2.61. The van der Waals surface area contributed by atoms with E-state index in [0.717, 1.165) is 23.7 Å². The van der Waals surface area contributed by atoms with Crippen LogP contribution in [0.4, 0.5) is 0 Å². The van der Waals surface area contributed by atoms with Gasteiger partial charge in [-0.15, -0.1) is 0 Å². The van der Waals surface area contributed by atoms with Gasteiger partial charge in [0, 0.05) is 18.0 Å². The predicted octanol–water partition coefficient (Wildman–Crippen LogP) is 2.68. The van der Waals surface area contributed by atoms with E-state index in [1.807, 2.05) is 38.2 Å². The summed E-state index contributed by atoms with van der Waals surface area (Å²) in [5.74, 6) is 2.90. The summed E-state index contributed by atoms with van der Waals surface area (Å²) >= 11 is 0. The zero-order valence-corrected chi connectivity index (χ0v) is 12.5. The molecule has 0 radical (unpaired) electrons. The molecule has 0 saturated heterocycles. The van der Waals surface area contributed by atoms with Crippen LogP contribution in [-0.4, -0.2) is 29.8 Å². The number of ether oxygens (including phenoxy) is 1. The Morgan fingerprint density at radius 2 is 2.29 bits per heavy atom. The maximum Gasteiger partial charge on any atom is 0.228 e. The highest BCUT2D eigenvalue weighted by molar-refractivity contribution is 5.56. The third-order valence-corrected chi connectivity index (χ3v) is 3.83. The van der Waals surface area contributed by atoms with Crippen LogP contribution in [0.2, 0.25) is 0 Å². The van der Waals surface area contributed by atoms with Crippen molar-refractivity contribution in [2.45, 2.75) is 32.2 Å². The topological polar surface area (TPSA) is 60.2 Å². The van der Waals surface area contributed by atoms with E-state index < -0.39 is 0 Å². The van der Waals surface area contributed by atoms with E-state index in [0.29, 0.717) is 24.4 Å². The second-order valence-corrected chi connectivity index (χ2v) is 5.41. The molecule has 0 aliphatic heterocycles. The van der Waals surface area contributed by atoms with Gasteiger partial charge < -0.3 is 14.6 Å². The maximum absolute atomic E-state index is 5.50. The average molecular weight is 287 g/mol. The van der Waals surface area contributed by atoms with Crippen molar-refractivity contribution >= 4 is 0 Å². The van der Waals surface area contributed by atoms with E-state index in [-0.39, 0.29) is 0 Å². The first-order valence-electron chi connectivity index (χ1n) is 7.53. The molecule has 1 aromatic heterocycles. The largest absolute Gasteiger partial charge is 0.494 e. The minimum Gasteiger partial charge on any atom is -0.494 e. The number of likely N-dealkylation sites (N-methyl/N-ethyl adjacent to an activating group) is 1. The van der Waals surface area contributed by atoms with Gasteiger partial charge in [0.15, 0.2) is 0 Å². The SMILES string of the molecule is CCOc1cccc(-c2noc(CC(NC)C3CC3)n2)c1. The average Bonchev–Trinajstić information content (AvgIpc) is 3.24. The summed E-state index contributed by atoms with van der Waals surface area (Å²) in [5.41, 5.74) is 0.920. The van der Waals surface area contributed by atoms with Crippen LogP contribution < -0.4 is 10.1 Å². The van der Waals surface area contributed by atoms with E-state index in [4.69, 9.17) is 9.26 Å². The second-order valence-electron chi connectivity index (χ2n) is 5.41. The number of hydrogen-bond donors (Lipinski definition) is 1. The van der Waals surface area contributed by atoms with Crippen molar-refractivity contribution in [2.75, 3.05) is 13.7 Å². The lowest BCUT2D eigenvalue weighted by Gasteiger charge is -2.11. The molecule has 21 heavy (non-hydrogen) atoms. The molecule has 0 bridgehead atoms. The van der Waals surface area contributed by atoms with Crippen molar-refractivity contribution in [3.63, 3.8) is 0 Å². The van der Waals surface area contributed by atoms with Crippen molar-refractivity contribution in [1.82, 2.24) is 15.5 Å². The molecule has 1 N–H and O–H groups in total. The van der Waals surface area contributed by atoms with E-state index in [2.05, 4.69) is 15.5 Å². The van der Waals surface area contributed by atoms with Crippen molar-refractivity contribution < 1.29 is 9.26 Å². The molecule has 1 heterocycles. The Balaban J connectivity index is 1.73. The molecule has 3 rings (SSSR count). The summed E-state index contributed by atoms with van der Waals surface area (Å²) in [6.07, 6.45) is 3.38. The van der Waals surface area contributed by atoms with Gasteiger partial charge in [0.1, 0.15) is 5.75 Å². The van der Waals surface area contributed by atoms with Crippen LogP contribution in [0.5, 0.6) is 5.75 Å². The van der Waals surface area contributed by atoms with Crippen LogP contribution >= 0.6 is 0 Å². The normalized spacial score (nSPS) is 15.9. The molecule has 1 unspecified atom stereocenters. The Morgan fingerprint density at radius 1 is 1.43 bits per heavy atom. The third-order valence-electron chi connectivity index (χ3n) is 3.83. The molecule has 2 aromatic rings. The van der Waals surface area contributed by atoms with Crippen molar-refractivity contribution in [3.05, 3.63) is 30.2 Å². The lowest BCUT2D eigenvalue weighted by atomic mass is 10.1. The Bertz CT molecular complexity index is 593. The minimum absolute atomic E-state index is 0.438. The van der Waals surface area contributed by atoms with E-state index in [9.17, 15) is 0 Å². The van der Waals surface area contributed by atoms with E-state index in [1.54, 1.807) is 0 Å².